The summed E-state index contributed by atoms with van der Waals surface area (Å²) in [6, 6.07) is 12.7. The lowest BCUT2D eigenvalue weighted by Gasteiger charge is -2.22. The molecule has 1 fully saturated rings. The molecule has 172 valence electrons. The van der Waals surface area contributed by atoms with Crippen molar-refractivity contribution in [2.24, 2.45) is 5.10 Å². The normalized spacial score (nSPS) is 14.6. The Balaban J connectivity index is 1.73. The number of para-hydroxylation sites is 1. The summed E-state index contributed by atoms with van der Waals surface area (Å²) in [6.07, 6.45) is 7.01. The second-order valence-corrected chi connectivity index (χ2v) is 8.88. The predicted octanol–water partition coefficient (Wildman–Crippen LogP) is 5.03. The van der Waals surface area contributed by atoms with E-state index in [9.17, 15) is 9.59 Å². The average molecular weight is 512 g/mol. The molecule has 0 aliphatic heterocycles. The van der Waals surface area contributed by atoms with Crippen molar-refractivity contribution in [2.75, 3.05) is 13.2 Å². The summed E-state index contributed by atoms with van der Waals surface area (Å²) in [5.74, 6) is 0.905. The van der Waals surface area contributed by atoms with E-state index in [1.165, 1.54) is 11.1 Å². The molecule has 0 amide bonds. The van der Waals surface area contributed by atoms with Gasteiger partial charge in [0.1, 0.15) is 11.6 Å². The molecule has 33 heavy (non-hydrogen) atoms. The molecule has 8 heteroatoms. The fourth-order valence-corrected chi connectivity index (χ4v) is 4.47. The van der Waals surface area contributed by atoms with Crippen LogP contribution in [0.4, 0.5) is 0 Å². The third-order valence-corrected chi connectivity index (χ3v) is 6.18. The van der Waals surface area contributed by atoms with Crippen molar-refractivity contribution in [1.82, 2.24) is 9.66 Å². The van der Waals surface area contributed by atoms with Gasteiger partial charge in [0.05, 0.1) is 23.7 Å². The number of carbonyl (C=O) groups excluding carboxylic acids is 1. The summed E-state index contributed by atoms with van der Waals surface area (Å²) in [6.45, 7) is 1.83. The zero-order valence-electron chi connectivity index (χ0n) is 18.5. The molecule has 7 nitrogen and oxygen atoms in total. The van der Waals surface area contributed by atoms with Crippen LogP contribution in [0.1, 0.15) is 56.3 Å². The number of carbonyl (C=O) groups is 1. The van der Waals surface area contributed by atoms with Gasteiger partial charge in [-0.25, -0.2) is 9.78 Å². The van der Waals surface area contributed by atoms with Gasteiger partial charge in [0, 0.05) is 16.0 Å². The topological polar surface area (TPSA) is 82.8 Å². The smallest absolute Gasteiger partial charge is 0.344 e. The first kappa shape index (κ1) is 23.2. The molecule has 2 aromatic carbocycles. The maximum atomic E-state index is 13.4. The summed E-state index contributed by atoms with van der Waals surface area (Å²) in [5.41, 5.74) is 1.13. The third kappa shape index (κ3) is 5.50. The van der Waals surface area contributed by atoms with Gasteiger partial charge in [0.2, 0.25) is 0 Å². The second-order valence-electron chi connectivity index (χ2n) is 7.96. The number of ether oxygens (including phenoxy) is 2. The van der Waals surface area contributed by atoms with Gasteiger partial charge in [0.15, 0.2) is 6.61 Å². The van der Waals surface area contributed by atoms with E-state index in [0.717, 1.165) is 30.2 Å². The van der Waals surface area contributed by atoms with E-state index in [1.54, 1.807) is 25.3 Å². The van der Waals surface area contributed by atoms with Crippen LogP contribution in [0.2, 0.25) is 0 Å². The van der Waals surface area contributed by atoms with Gasteiger partial charge >= 0.3 is 5.97 Å². The van der Waals surface area contributed by atoms with Gasteiger partial charge in [-0.1, -0.05) is 47.3 Å². The molecule has 0 bridgehead atoms. The number of hydrogen-bond donors (Lipinski definition) is 0. The summed E-state index contributed by atoms with van der Waals surface area (Å²) in [7, 11) is 0. The molecule has 1 aromatic heterocycles. The van der Waals surface area contributed by atoms with Crippen molar-refractivity contribution in [3.8, 4) is 5.75 Å². The first-order valence-corrected chi connectivity index (χ1v) is 12.0. The number of benzene rings is 2. The monoisotopic (exact) mass is 511 g/mol. The highest BCUT2D eigenvalue weighted by molar-refractivity contribution is 9.10. The van der Waals surface area contributed by atoms with E-state index in [1.807, 2.05) is 30.3 Å². The lowest BCUT2D eigenvalue weighted by molar-refractivity contribution is -0.145. The number of hydrogen-bond acceptors (Lipinski definition) is 6. The molecule has 1 heterocycles. The van der Waals surface area contributed by atoms with Crippen molar-refractivity contribution in [1.29, 1.82) is 0 Å². The van der Waals surface area contributed by atoms with Crippen molar-refractivity contribution in [3.05, 3.63) is 68.7 Å². The van der Waals surface area contributed by atoms with Gasteiger partial charge in [-0.3, -0.25) is 4.79 Å². The Morgan fingerprint density at radius 1 is 1.21 bits per heavy atom. The minimum atomic E-state index is -0.446. The largest absolute Gasteiger partial charge is 0.481 e. The molecule has 0 spiro atoms. The van der Waals surface area contributed by atoms with E-state index < -0.39 is 5.97 Å². The van der Waals surface area contributed by atoms with Crippen LogP contribution < -0.4 is 10.3 Å². The maximum Gasteiger partial charge on any atom is 0.344 e. The fraction of sp³-hybridized carbons (Fsp3) is 0.360. The number of halogens is 1. The number of esters is 1. The first-order valence-electron chi connectivity index (χ1n) is 11.2. The zero-order chi connectivity index (χ0) is 23.2. The van der Waals surface area contributed by atoms with Crippen LogP contribution in [0.15, 0.2) is 56.8 Å². The number of rotatable bonds is 7. The standard InChI is InChI=1S/C25H26BrN3O4/c1-2-32-23(30)16-33-22-13-12-19(26)14-18(22)15-27-29-24(17-8-4-3-5-9-17)28-21-11-7-6-10-20(21)25(29)31/h6-7,10-15,17H,2-5,8-9,16H2,1H3. The Kier molecular flexibility index (Phi) is 7.54. The van der Waals surface area contributed by atoms with E-state index >= 15 is 0 Å². The third-order valence-electron chi connectivity index (χ3n) is 5.68. The molecule has 0 N–H and O–H groups in total. The van der Waals surface area contributed by atoms with Crippen molar-refractivity contribution in [3.63, 3.8) is 0 Å². The Bertz CT molecular complexity index is 1230. The molecule has 1 aliphatic carbocycles. The van der Waals surface area contributed by atoms with E-state index in [2.05, 4.69) is 21.0 Å². The van der Waals surface area contributed by atoms with Crippen LogP contribution in [-0.4, -0.2) is 35.1 Å². The van der Waals surface area contributed by atoms with Crippen LogP contribution in [0.25, 0.3) is 10.9 Å². The summed E-state index contributed by atoms with van der Waals surface area (Å²) in [5, 5.41) is 5.10. The summed E-state index contributed by atoms with van der Waals surface area (Å²) >= 11 is 3.46. The van der Waals surface area contributed by atoms with Crippen LogP contribution >= 0.6 is 15.9 Å². The lowest BCUT2D eigenvalue weighted by Crippen LogP contribution is -2.25. The SMILES string of the molecule is CCOC(=O)COc1ccc(Br)cc1C=Nn1c(C2CCCCC2)nc2ccccc2c1=O. The molecule has 1 aliphatic rings. The van der Waals surface area contributed by atoms with Gasteiger partial charge in [0.25, 0.3) is 5.56 Å². The van der Waals surface area contributed by atoms with Crippen LogP contribution in [0.3, 0.4) is 0 Å². The van der Waals surface area contributed by atoms with Gasteiger partial charge in [-0.15, -0.1) is 0 Å². The Morgan fingerprint density at radius 2 is 2.00 bits per heavy atom. The highest BCUT2D eigenvalue weighted by atomic mass is 79.9. The summed E-state index contributed by atoms with van der Waals surface area (Å²) in [4.78, 5) is 29.9. The van der Waals surface area contributed by atoms with Crippen LogP contribution in [0, 0.1) is 0 Å². The van der Waals surface area contributed by atoms with Crippen LogP contribution in [-0.2, 0) is 9.53 Å². The average Bonchev–Trinajstić information content (AvgIpc) is 2.83. The molecule has 4 rings (SSSR count). The number of nitrogens with zero attached hydrogens (tertiary/aromatic N) is 3. The molecule has 0 unspecified atom stereocenters. The first-order chi connectivity index (χ1) is 16.1. The molecular weight excluding hydrogens is 486 g/mol. The van der Waals surface area contributed by atoms with Crippen LogP contribution in [0.5, 0.6) is 5.75 Å². The molecule has 1 saturated carbocycles. The fourth-order valence-electron chi connectivity index (χ4n) is 4.09. The minimum absolute atomic E-state index is 0.190. The molecule has 0 atom stereocenters. The van der Waals surface area contributed by atoms with E-state index in [4.69, 9.17) is 14.5 Å². The van der Waals surface area contributed by atoms with E-state index in [0.29, 0.717) is 34.6 Å². The molecule has 0 saturated heterocycles. The highest BCUT2D eigenvalue weighted by Gasteiger charge is 2.22. The van der Waals surface area contributed by atoms with Gasteiger partial charge < -0.3 is 9.47 Å². The van der Waals surface area contributed by atoms with Crippen molar-refractivity contribution >= 4 is 39.0 Å². The Hall–Kier alpha value is -3.00. The number of fused-ring (bicyclic) bond motifs is 1. The lowest BCUT2D eigenvalue weighted by atomic mass is 9.88. The maximum absolute atomic E-state index is 13.4. The quantitative estimate of drug-likeness (QED) is 0.328. The van der Waals surface area contributed by atoms with E-state index in [-0.39, 0.29) is 18.1 Å². The minimum Gasteiger partial charge on any atom is -0.481 e. The molecule has 3 aromatic rings. The van der Waals surface area contributed by atoms with Crippen molar-refractivity contribution in [2.45, 2.75) is 44.9 Å². The second kappa shape index (κ2) is 10.7. The summed E-state index contributed by atoms with van der Waals surface area (Å²) < 4.78 is 12.8. The predicted molar refractivity (Wildman–Crippen MR) is 131 cm³/mol. The van der Waals surface area contributed by atoms with Gasteiger partial charge in [-0.2, -0.15) is 9.78 Å². The Labute approximate surface area is 200 Å². The Morgan fingerprint density at radius 3 is 2.79 bits per heavy atom. The highest BCUT2D eigenvalue weighted by Crippen LogP contribution is 2.32. The molecular formula is C25H26BrN3O4. The zero-order valence-corrected chi connectivity index (χ0v) is 20.1. The van der Waals surface area contributed by atoms with Gasteiger partial charge in [-0.05, 0) is 50.1 Å². The number of aromatic nitrogens is 2. The van der Waals surface area contributed by atoms with Crippen molar-refractivity contribution < 1.29 is 14.3 Å². The molecule has 0 radical (unpaired) electrons.